The molecule has 92 valence electrons. The van der Waals surface area contributed by atoms with Gasteiger partial charge in [0, 0.05) is 35.4 Å². The van der Waals surface area contributed by atoms with Crippen LogP contribution in [0, 0.1) is 0 Å². The first-order chi connectivity index (χ1) is 8.65. The summed E-state index contributed by atoms with van der Waals surface area (Å²) in [5.74, 6) is 0. The number of aryl methyl sites for hydroxylation is 1. The van der Waals surface area contributed by atoms with E-state index in [4.69, 9.17) is 11.6 Å². The monoisotopic (exact) mass is 339 g/mol. The van der Waals surface area contributed by atoms with Crippen LogP contribution in [0.2, 0.25) is 5.02 Å². The molecule has 0 N–H and O–H groups in total. The molecule has 0 fully saturated rings. The fraction of sp³-hybridized carbons (Fsp3) is 0.143. The van der Waals surface area contributed by atoms with Gasteiger partial charge in [-0.15, -0.1) is 11.3 Å². The number of benzene rings is 1. The largest absolute Gasteiger partial charge is 0.350 e. The van der Waals surface area contributed by atoms with Crippen LogP contribution >= 0.6 is 38.9 Å². The van der Waals surface area contributed by atoms with Gasteiger partial charge >= 0.3 is 0 Å². The molecule has 18 heavy (non-hydrogen) atoms. The molecule has 0 saturated carbocycles. The maximum Gasteiger partial charge on any atom is 0.0701 e. The summed E-state index contributed by atoms with van der Waals surface area (Å²) in [6.07, 6.45) is 3.10. The molecule has 0 amide bonds. The van der Waals surface area contributed by atoms with Gasteiger partial charge in [-0.05, 0) is 45.8 Å². The molecule has 0 bridgehead atoms. The van der Waals surface area contributed by atoms with Crippen LogP contribution in [0.4, 0.5) is 0 Å². The van der Waals surface area contributed by atoms with Crippen molar-refractivity contribution in [2.45, 2.75) is 6.42 Å². The van der Waals surface area contributed by atoms with E-state index in [9.17, 15) is 0 Å². The Morgan fingerprint density at radius 3 is 2.83 bits per heavy atom. The van der Waals surface area contributed by atoms with Crippen molar-refractivity contribution >= 4 is 49.8 Å². The second-order valence-electron chi connectivity index (χ2n) is 4.28. The Morgan fingerprint density at radius 1 is 1.28 bits per heavy atom. The predicted molar refractivity (Wildman–Crippen MR) is 82.8 cm³/mol. The minimum absolute atomic E-state index is 0.832. The molecule has 0 aliphatic heterocycles. The minimum atomic E-state index is 0.832. The van der Waals surface area contributed by atoms with Crippen LogP contribution in [0.15, 0.2) is 40.3 Å². The van der Waals surface area contributed by atoms with Crippen LogP contribution < -0.4 is 0 Å². The average Bonchev–Trinajstić information content (AvgIpc) is 2.86. The number of fused-ring (bicyclic) bond motifs is 1. The van der Waals surface area contributed by atoms with Crippen molar-refractivity contribution in [1.82, 2.24) is 4.57 Å². The van der Waals surface area contributed by atoms with E-state index in [-0.39, 0.29) is 0 Å². The predicted octanol–water partition coefficient (Wildman–Crippen LogP) is 5.25. The van der Waals surface area contributed by atoms with E-state index in [1.54, 1.807) is 11.3 Å². The number of hydrogen-bond acceptors (Lipinski definition) is 1. The van der Waals surface area contributed by atoms with Gasteiger partial charge in [-0.1, -0.05) is 17.7 Å². The van der Waals surface area contributed by atoms with E-state index in [0.717, 1.165) is 11.4 Å². The molecule has 3 rings (SSSR count). The van der Waals surface area contributed by atoms with E-state index in [1.165, 1.54) is 25.1 Å². The Bertz CT molecular complexity index is 714. The van der Waals surface area contributed by atoms with E-state index >= 15 is 0 Å². The van der Waals surface area contributed by atoms with Crippen LogP contribution in [0.1, 0.15) is 10.4 Å². The molecule has 0 radical (unpaired) electrons. The second kappa shape index (κ2) is 4.72. The molecule has 0 aliphatic rings. The molecule has 1 nitrogen and oxygen atoms in total. The SMILES string of the molecule is Cn1cc(Cc2ccc(Br)s2)c2c(Cl)cccc21. The molecule has 0 aliphatic carbocycles. The standard InChI is InChI=1S/C14H11BrClNS/c1-17-8-9(7-10-5-6-13(15)18-10)14-11(16)3-2-4-12(14)17/h2-6,8H,7H2,1H3. The van der Waals surface area contributed by atoms with Crippen LogP contribution in [0.3, 0.4) is 0 Å². The summed E-state index contributed by atoms with van der Waals surface area (Å²) >= 11 is 11.6. The van der Waals surface area contributed by atoms with Crippen LogP contribution in [0.25, 0.3) is 10.9 Å². The van der Waals surface area contributed by atoms with Gasteiger partial charge in [0.1, 0.15) is 0 Å². The molecule has 0 spiro atoms. The maximum absolute atomic E-state index is 6.33. The van der Waals surface area contributed by atoms with Gasteiger partial charge in [0.2, 0.25) is 0 Å². The number of thiophene rings is 1. The van der Waals surface area contributed by atoms with Crippen molar-refractivity contribution in [1.29, 1.82) is 0 Å². The summed E-state index contributed by atoms with van der Waals surface area (Å²) in [6, 6.07) is 10.3. The van der Waals surface area contributed by atoms with Crippen LogP contribution in [0.5, 0.6) is 0 Å². The fourth-order valence-electron chi connectivity index (χ4n) is 2.26. The molecular formula is C14H11BrClNS. The first-order valence-corrected chi connectivity index (χ1v) is 7.60. The minimum Gasteiger partial charge on any atom is -0.350 e. The summed E-state index contributed by atoms with van der Waals surface area (Å²) in [6.45, 7) is 0. The quantitative estimate of drug-likeness (QED) is 0.600. The average molecular weight is 341 g/mol. The van der Waals surface area contributed by atoms with Crippen molar-refractivity contribution in [2.24, 2.45) is 7.05 Å². The maximum atomic E-state index is 6.33. The Morgan fingerprint density at radius 2 is 2.11 bits per heavy atom. The third-order valence-electron chi connectivity index (χ3n) is 3.04. The molecule has 1 aromatic carbocycles. The Balaban J connectivity index is 2.12. The lowest BCUT2D eigenvalue weighted by Crippen LogP contribution is -1.83. The fourth-order valence-corrected chi connectivity index (χ4v) is 4.06. The third-order valence-corrected chi connectivity index (χ3v) is 4.97. The van der Waals surface area contributed by atoms with E-state index in [1.807, 2.05) is 12.1 Å². The van der Waals surface area contributed by atoms with Crippen molar-refractivity contribution in [3.63, 3.8) is 0 Å². The number of hydrogen-bond donors (Lipinski definition) is 0. The summed E-state index contributed by atoms with van der Waals surface area (Å²) in [4.78, 5) is 1.34. The summed E-state index contributed by atoms with van der Waals surface area (Å²) in [5, 5.41) is 2.00. The number of aromatic nitrogens is 1. The molecule has 0 atom stereocenters. The third kappa shape index (κ3) is 2.11. The molecule has 0 unspecified atom stereocenters. The highest BCUT2D eigenvalue weighted by Crippen LogP contribution is 2.31. The number of rotatable bonds is 2. The lowest BCUT2D eigenvalue weighted by atomic mass is 10.1. The van der Waals surface area contributed by atoms with E-state index in [0.29, 0.717) is 0 Å². The van der Waals surface area contributed by atoms with Crippen LogP contribution in [-0.2, 0) is 13.5 Å². The van der Waals surface area contributed by atoms with Gasteiger partial charge in [0.25, 0.3) is 0 Å². The van der Waals surface area contributed by atoms with Crippen molar-refractivity contribution in [3.8, 4) is 0 Å². The van der Waals surface area contributed by atoms with Gasteiger partial charge in [-0.25, -0.2) is 0 Å². The van der Waals surface area contributed by atoms with E-state index in [2.05, 4.69) is 51.9 Å². The van der Waals surface area contributed by atoms with E-state index < -0.39 is 0 Å². The second-order valence-corrected chi connectivity index (χ2v) is 7.24. The van der Waals surface area contributed by atoms with Crippen molar-refractivity contribution < 1.29 is 0 Å². The molecule has 2 aromatic heterocycles. The summed E-state index contributed by atoms with van der Waals surface area (Å²) < 4.78 is 3.31. The highest BCUT2D eigenvalue weighted by molar-refractivity contribution is 9.11. The Labute approximate surface area is 123 Å². The zero-order valence-corrected chi connectivity index (χ0v) is 12.9. The first-order valence-electron chi connectivity index (χ1n) is 5.62. The highest BCUT2D eigenvalue weighted by Gasteiger charge is 2.11. The highest BCUT2D eigenvalue weighted by atomic mass is 79.9. The van der Waals surface area contributed by atoms with Crippen molar-refractivity contribution in [3.05, 3.63) is 55.8 Å². The molecule has 2 heterocycles. The van der Waals surface area contributed by atoms with Gasteiger partial charge in [-0.3, -0.25) is 0 Å². The number of halogens is 2. The van der Waals surface area contributed by atoms with Gasteiger partial charge in [0.05, 0.1) is 8.81 Å². The summed E-state index contributed by atoms with van der Waals surface area (Å²) in [7, 11) is 2.06. The Kier molecular flexibility index (Phi) is 3.22. The van der Waals surface area contributed by atoms with Gasteiger partial charge in [0.15, 0.2) is 0 Å². The van der Waals surface area contributed by atoms with Gasteiger partial charge < -0.3 is 4.57 Å². The molecular weight excluding hydrogens is 330 g/mol. The van der Waals surface area contributed by atoms with Gasteiger partial charge in [-0.2, -0.15) is 0 Å². The van der Waals surface area contributed by atoms with Crippen molar-refractivity contribution in [2.75, 3.05) is 0 Å². The zero-order chi connectivity index (χ0) is 12.7. The smallest absolute Gasteiger partial charge is 0.0701 e. The summed E-state index contributed by atoms with van der Waals surface area (Å²) in [5.41, 5.74) is 2.47. The first kappa shape index (κ1) is 12.3. The Hall–Kier alpha value is -0.770. The lowest BCUT2D eigenvalue weighted by molar-refractivity contribution is 0.959. The molecule has 0 saturated heterocycles. The molecule has 4 heteroatoms. The lowest BCUT2D eigenvalue weighted by Gasteiger charge is -1.99. The normalized spacial score (nSPS) is 11.3. The van der Waals surface area contributed by atoms with Crippen LogP contribution in [-0.4, -0.2) is 4.57 Å². The molecule has 3 aromatic rings. The topological polar surface area (TPSA) is 4.93 Å². The zero-order valence-electron chi connectivity index (χ0n) is 9.78. The number of nitrogens with zero attached hydrogens (tertiary/aromatic N) is 1.